The van der Waals surface area contributed by atoms with Crippen LogP contribution in [0, 0.1) is 0 Å². The topological polar surface area (TPSA) is 31.5 Å². The number of aromatic amines is 1. The second-order valence-corrected chi connectivity index (χ2v) is 7.51. The molecule has 0 amide bonds. The standard InChI is InChI=1S/C17H20BrN3O/c18-11-1-2-14-13(9-11)12-3-6-21-15(17(12)19-14)4-5-20-7-8-22-10-16(20)21/h1-2,9,15-16,19H,3-8,10H2/t15-,16-/m0/s1. The number of aromatic nitrogens is 1. The van der Waals surface area contributed by atoms with Crippen molar-refractivity contribution >= 4 is 26.8 Å². The van der Waals surface area contributed by atoms with E-state index in [1.54, 1.807) is 0 Å². The van der Waals surface area contributed by atoms with Crippen LogP contribution in [0.4, 0.5) is 0 Å². The first-order chi connectivity index (χ1) is 10.8. The zero-order valence-corrected chi connectivity index (χ0v) is 14.1. The maximum atomic E-state index is 5.75. The third-order valence-electron chi connectivity index (χ3n) is 5.54. The fraction of sp³-hybridized carbons (Fsp3) is 0.529. The number of morpholine rings is 1. The number of nitrogens with zero attached hydrogens (tertiary/aromatic N) is 2. The number of halogens is 1. The van der Waals surface area contributed by atoms with Crippen molar-refractivity contribution in [2.75, 3.05) is 32.8 Å². The molecule has 0 saturated carbocycles. The molecule has 2 fully saturated rings. The first-order valence-electron chi connectivity index (χ1n) is 8.19. The van der Waals surface area contributed by atoms with E-state index in [-0.39, 0.29) is 0 Å². The van der Waals surface area contributed by atoms with Crippen LogP contribution < -0.4 is 0 Å². The summed E-state index contributed by atoms with van der Waals surface area (Å²) < 4.78 is 6.92. The fourth-order valence-corrected chi connectivity index (χ4v) is 4.86. The van der Waals surface area contributed by atoms with E-state index >= 15 is 0 Å². The Morgan fingerprint density at radius 3 is 3.14 bits per heavy atom. The molecule has 1 aromatic heterocycles. The SMILES string of the molecule is Brc1ccc2[nH]c3c(c2c1)CCN1[C@H]3CCN2CCOC[C@@H]21. The Hall–Kier alpha value is -0.880. The van der Waals surface area contributed by atoms with Crippen LogP contribution in [0.15, 0.2) is 22.7 Å². The molecule has 0 spiro atoms. The molecule has 4 heterocycles. The average molecular weight is 362 g/mol. The molecule has 1 aromatic carbocycles. The minimum atomic E-state index is 0.471. The van der Waals surface area contributed by atoms with E-state index in [0.717, 1.165) is 32.7 Å². The lowest BCUT2D eigenvalue weighted by Gasteiger charge is -2.51. The highest BCUT2D eigenvalue weighted by molar-refractivity contribution is 9.10. The predicted molar refractivity (Wildman–Crippen MR) is 89.9 cm³/mol. The predicted octanol–water partition coefficient (Wildman–Crippen LogP) is 2.89. The summed E-state index contributed by atoms with van der Waals surface area (Å²) in [5.41, 5.74) is 4.25. The van der Waals surface area contributed by atoms with Crippen molar-refractivity contribution in [3.63, 3.8) is 0 Å². The summed E-state index contributed by atoms with van der Waals surface area (Å²) in [6.45, 7) is 5.16. The van der Waals surface area contributed by atoms with Gasteiger partial charge in [0.1, 0.15) is 0 Å². The third-order valence-corrected chi connectivity index (χ3v) is 6.03. The van der Waals surface area contributed by atoms with Gasteiger partial charge in [-0.25, -0.2) is 0 Å². The summed E-state index contributed by atoms with van der Waals surface area (Å²) in [7, 11) is 0. The summed E-state index contributed by atoms with van der Waals surface area (Å²) in [5, 5.41) is 1.39. The van der Waals surface area contributed by atoms with Gasteiger partial charge in [0, 0.05) is 40.7 Å². The van der Waals surface area contributed by atoms with E-state index in [1.165, 1.54) is 39.6 Å². The summed E-state index contributed by atoms with van der Waals surface area (Å²) >= 11 is 3.61. The van der Waals surface area contributed by atoms with Crippen molar-refractivity contribution in [3.05, 3.63) is 33.9 Å². The maximum absolute atomic E-state index is 5.75. The van der Waals surface area contributed by atoms with Crippen molar-refractivity contribution in [2.45, 2.75) is 25.0 Å². The Morgan fingerprint density at radius 2 is 2.18 bits per heavy atom. The molecule has 2 atom stereocenters. The van der Waals surface area contributed by atoms with Crippen LogP contribution in [-0.2, 0) is 11.2 Å². The zero-order chi connectivity index (χ0) is 14.7. The lowest BCUT2D eigenvalue weighted by Crippen LogP contribution is -2.61. The molecular formula is C17H20BrN3O. The van der Waals surface area contributed by atoms with Gasteiger partial charge in [0.25, 0.3) is 0 Å². The smallest absolute Gasteiger partial charge is 0.0870 e. The number of nitrogens with one attached hydrogen (secondary N) is 1. The number of fused-ring (bicyclic) bond motifs is 7. The van der Waals surface area contributed by atoms with Crippen LogP contribution >= 0.6 is 15.9 Å². The van der Waals surface area contributed by atoms with Crippen LogP contribution in [-0.4, -0.2) is 53.8 Å². The molecule has 0 radical (unpaired) electrons. The van der Waals surface area contributed by atoms with Crippen LogP contribution in [0.2, 0.25) is 0 Å². The Kier molecular flexibility index (Phi) is 3.12. The van der Waals surface area contributed by atoms with E-state index in [9.17, 15) is 0 Å². The fourth-order valence-electron chi connectivity index (χ4n) is 4.50. The normalized spacial score (nSPS) is 29.1. The third kappa shape index (κ3) is 1.92. The van der Waals surface area contributed by atoms with Gasteiger partial charge in [-0.1, -0.05) is 15.9 Å². The minimum absolute atomic E-state index is 0.471. The summed E-state index contributed by atoms with van der Waals surface area (Å²) in [4.78, 5) is 8.98. The Labute approximate surface area is 138 Å². The van der Waals surface area contributed by atoms with E-state index in [2.05, 4.69) is 48.9 Å². The van der Waals surface area contributed by atoms with Crippen molar-refractivity contribution in [3.8, 4) is 0 Å². The van der Waals surface area contributed by atoms with Gasteiger partial charge in [0.2, 0.25) is 0 Å². The number of hydrogen-bond acceptors (Lipinski definition) is 3. The molecule has 0 unspecified atom stereocenters. The van der Waals surface area contributed by atoms with Crippen molar-refractivity contribution < 1.29 is 4.74 Å². The number of H-pyrrole nitrogens is 1. The van der Waals surface area contributed by atoms with Gasteiger partial charge < -0.3 is 9.72 Å². The number of rotatable bonds is 0. The number of ether oxygens (including phenoxy) is 1. The van der Waals surface area contributed by atoms with Crippen LogP contribution in [0.1, 0.15) is 23.7 Å². The molecule has 116 valence electrons. The van der Waals surface area contributed by atoms with Crippen LogP contribution in [0.25, 0.3) is 10.9 Å². The molecular weight excluding hydrogens is 342 g/mol. The minimum Gasteiger partial charge on any atom is -0.377 e. The van der Waals surface area contributed by atoms with Crippen LogP contribution in [0.5, 0.6) is 0 Å². The Bertz CT molecular complexity index is 728. The molecule has 2 saturated heterocycles. The van der Waals surface area contributed by atoms with Crippen molar-refractivity contribution in [1.29, 1.82) is 0 Å². The van der Waals surface area contributed by atoms with Gasteiger partial charge in [-0.2, -0.15) is 0 Å². The van der Waals surface area contributed by atoms with E-state index in [4.69, 9.17) is 4.74 Å². The summed E-state index contributed by atoms with van der Waals surface area (Å²) in [5.74, 6) is 0. The highest BCUT2D eigenvalue weighted by Crippen LogP contribution is 2.41. The maximum Gasteiger partial charge on any atom is 0.0870 e. The zero-order valence-electron chi connectivity index (χ0n) is 12.5. The Morgan fingerprint density at radius 1 is 1.23 bits per heavy atom. The average Bonchev–Trinajstić information content (AvgIpc) is 2.92. The van der Waals surface area contributed by atoms with Crippen molar-refractivity contribution in [1.82, 2.24) is 14.8 Å². The van der Waals surface area contributed by atoms with Crippen molar-refractivity contribution in [2.24, 2.45) is 0 Å². The molecule has 5 heteroatoms. The lowest BCUT2D eigenvalue weighted by atomic mass is 9.92. The molecule has 3 aliphatic rings. The summed E-state index contributed by atoms with van der Waals surface area (Å²) in [6.07, 6.45) is 2.82. The molecule has 0 bridgehead atoms. The van der Waals surface area contributed by atoms with Gasteiger partial charge in [-0.05, 0) is 36.6 Å². The van der Waals surface area contributed by atoms with Gasteiger partial charge in [0.05, 0.1) is 25.4 Å². The highest BCUT2D eigenvalue weighted by Gasteiger charge is 2.41. The van der Waals surface area contributed by atoms with Gasteiger partial charge in [0.15, 0.2) is 0 Å². The largest absolute Gasteiger partial charge is 0.377 e. The molecule has 22 heavy (non-hydrogen) atoms. The molecule has 3 aliphatic heterocycles. The quantitative estimate of drug-likeness (QED) is 0.782. The van der Waals surface area contributed by atoms with Gasteiger partial charge >= 0.3 is 0 Å². The summed E-state index contributed by atoms with van der Waals surface area (Å²) in [6, 6.07) is 7.11. The number of benzene rings is 1. The van der Waals surface area contributed by atoms with E-state index in [0.29, 0.717) is 12.2 Å². The van der Waals surface area contributed by atoms with E-state index in [1.807, 2.05) is 0 Å². The monoisotopic (exact) mass is 361 g/mol. The second-order valence-electron chi connectivity index (χ2n) is 6.59. The molecule has 1 N–H and O–H groups in total. The lowest BCUT2D eigenvalue weighted by molar-refractivity contribution is -0.120. The molecule has 2 aromatic rings. The van der Waals surface area contributed by atoms with Crippen LogP contribution in [0.3, 0.4) is 0 Å². The second kappa shape index (κ2) is 5.06. The first kappa shape index (κ1) is 13.5. The number of hydrogen-bond donors (Lipinski definition) is 1. The first-order valence-corrected chi connectivity index (χ1v) is 8.98. The molecule has 0 aliphatic carbocycles. The highest BCUT2D eigenvalue weighted by atomic mass is 79.9. The molecule has 5 rings (SSSR count). The van der Waals surface area contributed by atoms with Gasteiger partial charge in [-0.3, -0.25) is 9.80 Å². The van der Waals surface area contributed by atoms with Gasteiger partial charge in [-0.15, -0.1) is 0 Å². The Balaban J connectivity index is 1.58. The molecule has 4 nitrogen and oxygen atoms in total. The van der Waals surface area contributed by atoms with E-state index < -0.39 is 0 Å².